The predicted octanol–water partition coefficient (Wildman–Crippen LogP) is 2.25. The van der Waals surface area contributed by atoms with Crippen molar-refractivity contribution in [3.05, 3.63) is 16.2 Å². The zero-order chi connectivity index (χ0) is 10.7. The molecule has 0 saturated heterocycles. The first-order valence-electron chi connectivity index (χ1n) is 3.80. The van der Waals surface area contributed by atoms with Crippen molar-refractivity contribution in [3.63, 3.8) is 0 Å². The van der Waals surface area contributed by atoms with Crippen molar-refractivity contribution in [2.24, 2.45) is 0 Å². The second kappa shape index (κ2) is 4.86. The van der Waals surface area contributed by atoms with Crippen LogP contribution in [0.5, 0.6) is 5.88 Å². The maximum atomic E-state index is 5.06. The van der Waals surface area contributed by atoms with E-state index in [1.54, 1.807) is 18.8 Å². The monoisotopic (exact) mass is 304 g/mol. The van der Waals surface area contributed by atoms with Crippen LogP contribution in [0, 0.1) is 0 Å². The zero-order valence-electron chi connectivity index (χ0n) is 7.55. The van der Waals surface area contributed by atoms with E-state index in [9.17, 15) is 0 Å². The van der Waals surface area contributed by atoms with Gasteiger partial charge in [0.2, 0.25) is 5.88 Å². The molecule has 2 aromatic rings. The fraction of sp³-hybridized carbons (Fsp3) is 0.143. The van der Waals surface area contributed by atoms with Gasteiger partial charge in [-0.15, -0.1) is 10.2 Å². The lowest BCUT2D eigenvalue weighted by molar-refractivity contribution is 0.389. The van der Waals surface area contributed by atoms with Crippen molar-refractivity contribution in [2.75, 3.05) is 7.11 Å². The third-order valence-electron chi connectivity index (χ3n) is 1.40. The lowest BCUT2D eigenvalue weighted by Crippen LogP contribution is -1.93. The summed E-state index contributed by atoms with van der Waals surface area (Å²) in [5.74, 6) is 0.511. The van der Waals surface area contributed by atoms with Crippen LogP contribution in [-0.4, -0.2) is 27.3 Å². The summed E-state index contributed by atoms with van der Waals surface area (Å²) >= 11 is 6.08. The van der Waals surface area contributed by atoms with Crippen molar-refractivity contribution in [2.45, 2.75) is 9.50 Å². The van der Waals surface area contributed by atoms with Crippen LogP contribution in [0.25, 0.3) is 0 Å². The Morgan fingerprint density at radius 2 is 2.40 bits per heavy atom. The van der Waals surface area contributed by atoms with Crippen LogP contribution in [0.15, 0.2) is 25.7 Å². The van der Waals surface area contributed by atoms with Gasteiger partial charge in [0, 0.05) is 6.20 Å². The lowest BCUT2D eigenvalue weighted by atomic mass is 10.6. The number of methoxy groups -OCH3 is 1. The van der Waals surface area contributed by atoms with Crippen LogP contribution < -0.4 is 4.74 Å². The van der Waals surface area contributed by atoms with Crippen molar-refractivity contribution in [1.29, 1.82) is 0 Å². The van der Waals surface area contributed by atoms with Crippen LogP contribution in [0.3, 0.4) is 0 Å². The molecular formula is C7H5BrN4OS2. The van der Waals surface area contributed by atoms with Gasteiger partial charge in [-0.2, -0.15) is 4.98 Å². The highest BCUT2D eigenvalue weighted by atomic mass is 79.9. The number of nitrogens with zero attached hydrogens (tertiary/aromatic N) is 4. The molecule has 0 unspecified atom stereocenters. The van der Waals surface area contributed by atoms with Crippen molar-refractivity contribution in [3.8, 4) is 5.88 Å². The van der Waals surface area contributed by atoms with Crippen LogP contribution in [-0.2, 0) is 0 Å². The Labute approximate surface area is 102 Å². The van der Waals surface area contributed by atoms with E-state index in [4.69, 9.17) is 4.74 Å². The van der Waals surface area contributed by atoms with Gasteiger partial charge in [-0.25, -0.2) is 4.98 Å². The molecule has 15 heavy (non-hydrogen) atoms. The number of hydrogen-bond donors (Lipinski definition) is 0. The molecule has 0 atom stereocenters. The molecule has 5 nitrogen and oxygen atoms in total. The second-order valence-electron chi connectivity index (χ2n) is 2.32. The van der Waals surface area contributed by atoms with Gasteiger partial charge in [0.15, 0.2) is 9.50 Å². The summed E-state index contributed by atoms with van der Waals surface area (Å²) in [6, 6.07) is 0. The summed E-state index contributed by atoms with van der Waals surface area (Å²) in [6.07, 6.45) is 1.65. The Kier molecular flexibility index (Phi) is 3.49. The summed E-state index contributed by atoms with van der Waals surface area (Å²) < 4.78 is 6.59. The standard InChI is InChI=1S/C7H5BrN4OS2/c1-13-5-4(8)2-9-6(11-5)15-7-12-10-3-14-7/h2-3H,1H3. The largest absolute Gasteiger partial charge is 0.480 e. The van der Waals surface area contributed by atoms with Gasteiger partial charge in [0.05, 0.1) is 11.6 Å². The van der Waals surface area contributed by atoms with Gasteiger partial charge in [0.1, 0.15) is 5.51 Å². The highest BCUT2D eigenvalue weighted by Gasteiger charge is 2.08. The number of aromatic nitrogens is 4. The fourth-order valence-corrected chi connectivity index (χ4v) is 2.47. The van der Waals surface area contributed by atoms with Crippen LogP contribution in [0.1, 0.15) is 0 Å². The van der Waals surface area contributed by atoms with Gasteiger partial charge in [-0.05, 0) is 27.7 Å². The quantitative estimate of drug-likeness (QED) is 0.811. The lowest BCUT2D eigenvalue weighted by Gasteiger charge is -2.02. The highest BCUT2D eigenvalue weighted by molar-refractivity contribution is 9.10. The summed E-state index contributed by atoms with van der Waals surface area (Å²) in [7, 11) is 1.56. The van der Waals surface area contributed by atoms with Crippen molar-refractivity contribution in [1.82, 2.24) is 20.2 Å². The van der Waals surface area contributed by atoms with Crippen molar-refractivity contribution >= 4 is 39.0 Å². The minimum atomic E-state index is 0.511. The Balaban J connectivity index is 2.22. The first-order chi connectivity index (χ1) is 7.29. The summed E-state index contributed by atoms with van der Waals surface area (Å²) in [6.45, 7) is 0. The van der Waals surface area contributed by atoms with Gasteiger partial charge >= 0.3 is 0 Å². The molecule has 0 fully saturated rings. The SMILES string of the molecule is COc1nc(Sc2nncs2)ncc1Br. The minimum absolute atomic E-state index is 0.511. The van der Waals surface area contributed by atoms with E-state index in [2.05, 4.69) is 36.1 Å². The van der Waals surface area contributed by atoms with Gasteiger partial charge < -0.3 is 4.74 Å². The third-order valence-corrected chi connectivity index (χ3v) is 3.60. The van der Waals surface area contributed by atoms with E-state index in [0.717, 1.165) is 8.81 Å². The molecule has 0 bridgehead atoms. The number of halogens is 1. The first kappa shape index (κ1) is 10.8. The summed E-state index contributed by atoms with van der Waals surface area (Å²) in [5, 5.41) is 8.21. The highest BCUT2D eigenvalue weighted by Crippen LogP contribution is 2.29. The summed E-state index contributed by atoms with van der Waals surface area (Å²) in [4.78, 5) is 8.31. The Bertz CT molecular complexity index is 450. The molecule has 0 spiro atoms. The third kappa shape index (κ3) is 2.64. The first-order valence-corrected chi connectivity index (χ1v) is 6.29. The number of rotatable bonds is 3. The normalized spacial score (nSPS) is 10.3. The maximum Gasteiger partial charge on any atom is 0.231 e. The molecule has 0 aliphatic carbocycles. The number of hydrogen-bond acceptors (Lipinski definition) is 7. The molecule has 0 amide bonds. The van der Waals surface area contributed by atoms with Gasteiger partial charge in [-0.1, -0.05) is 11.3 Å². The minimum Gasteiger partial charge on any atom is -0.480 e. The van der Waals surface area contributed by atoms with E-state index in [1.165, 1.54) is 23.1 Å². The molecule has 2 heterocycles. The molecule has 78 valence electrons. The molecule has 0 aliphatic rings. The van der Waals surface area contributed by atoms with E-state index >= 15 is 0 Å². The smallest absolute Gasteiger partial charge is 0.231 e. The average Bonchev–Trinajstić information content (AvgIpc) is 2.73. The maximum absolute atomic E-state index is 5.06. The zero-order valence-corrected chi connectivity index (χ0v) is 10.8. The summed E-state index contributed by atoms with van der Waals surface area (Å²) in [5.41, 5.74) is 1.67. The predicted molar refractivity (Wildman–Crippen MR) is 60.3 cm³/mol. The van der Waals surface area contributed by atoms with Crippen LogP contribution in [0.4, 0.5) is 0 Å². The van der Waals surface area contributed by atoms with Gasteiger partial charge in [0.25, 0.3) is 0 Å². The molecule has 2 aromatic heterocycles. The van der Waals surface area contributed by atoms with Crippen molar-refractivity contribution < 1.29 is 4.74 Å². The molecule has 8 heteroatoms. The fourth-order valence-electron chi connectivity index (χ4n) is 0.814. The van der Waals surface area contributed by atoms with E-state index < -0.39 is 0 Å². The molecule has 0 radical (unpaired) electrons. The van der Waals surface area contributed by atoms with Crippen LogP contribution >= 0.6 is 39.0 Å². The Morgan fingerprint density at radius 3 is 3.07 bits per heavy atom. The molecule has 0 saturated carbocycles. The molecule has 2 rings (SSSR count). The Hall–Kier alpha value is -0.730. The van der Waals surface area contributed by atoms with E-state index in [0.29, 0.717) is 11.0 Å². The average molecular weight is 305 g/mol. The molecule has 0 N–H and O–H groups in total. The molecule has 0 aliphatic heterocycles. The van der Waals surface area contributed by atoms with Gasteiger partial charge in [-0.3, -0.25) is 0 Å². The Morgan fingerprint density at radius 1 is 1.53 bits per heavy atom. The second-order valence-corrected chi connectivity index (χ2v) is 5.22. The topological polar surface area (TPSA) is 60.8 Å². The molecular weight excluding hydrogens is 300 g/mol. The number of ether oxygens (including phenoxy) is 1. The van der Waals surface area contributed by atoms with E-state index in [-0.39, 0.29) is 0 Å². The van der Waals surface area contributed by atoms with E-state index in [1.807, 2.05) is 0 Å². The van der Waals surface area contributed by atoms with Crippen LogP contribution in [0.2, 0.25) is 0 Å². The molecule has 0 aromatic carbocycles.